The van der Waals surface area contributed by atoms with Crippen molar-refractivity contribution in [1.82, 2.24) is 20.2 Å². The van der Waals surface area contributed by atoms with Gasteiger partial charge in [0.05, 0.1) is 0 Å². The van der Waals surface area contributed by atoms with Gasteiger partial charge in [-0.25, -0.2) is 4.68 Å². The van der Waals surface area contributed by atoms with Gasteiger partial charge in [0.15, 0.2) is 5.82 Å². The smallest absolute Gasteiger partial charge is 0.151 e. The second kappa shape index (κ2) is 5.73. The average Bonchev–Trinajstić information content (AvgIpc) is 2.52. The molecule has 1 aromatic rings. The van der Waals surface area contributed by atoms with Crippen molar-refractivity contribution in [1.29, 1.82) is 0 Å². The van der Waals surface area contributed by atoms with E-state index in [9.17, 15) is 0 Å². The van der Waals surface area contributed by atoms with E-state index in [-0.39, 0.29) is 0 Å². The maximum absolute atomic E-state index is 4.04. The highest BCUT2D eigenvalue weighted by Gasteiger charge is 2.07. The van der Waals surface area contributed by atoms with Gasteiger partial charge in [0.1, 0.15) is 0 Å². The summed E-state index contributed by atoms with van der Waals surface area (Å²) in [5, 5.41) is 11.8. The van der Waals surface area contributed by atoms with Crippen LogP contribution in [0.5, 0.6) is 0 Å². The second-order valence-electron chi connectivity index (χ2n) is 4.12. The molecule has 0 saturated carbocycles. The van der Waals surface area contributed by atoms with Crippen LogP contribution >= 0.6 is 0 Å². The van der Waals surface area contributed by atoms with Crippen LogP contribution < -0.4 is 0 Å². The van der Waals surface area contributed by atoms with Gasteiger partial charge in [0.25, 0.3) is 0 Å². The summed E-state index contributed by atoms with van der Waals surface area (Å²) in [6.45, 7) is 7.54. The van der Waals surface area contributed by atoms with Crippen molar-refractivity contribution in [2.75, 3.05) is 0 Å². The lowest BCUT2D eigenvalue weighted by Crippen LogP contribution is -2.08. The lowest BCUT2D eigenvalue weighted by atomic mass is 10.1. The Morgan fingerprint density at radius 3 is 2.71 bits per heavy atom. The van der Waals surface area contributed by atoms with Crippen LogP contribution in [-0.4, -0.2) is 20.2 Å². The Hall–Kier alpha value is -0.930. The van der Waals surface area contributed by atoms with Crippen LogP contribution in [0.25, 0.3) is 0 Å². The van der Waals surface area contributed by atoms with Crippen LogP contribution in [0.2, 0.25) is 0 Å². The second-order valence-corrected chi connectivity index (χ2v) is 4.12. The van der Waals surface area contributed by atoms with Gasteiger partial charge >= 0.3 is 0 Å². The lowest BCUT2D eigenvalue weighted by molar-refractivity contribution is 0.500. The van der Waals surface area contributed by atoms with Gasteiger partial charge in [-0.2, -0.15) is 0 Å². The Bertz CT molecular complexity index is 254. The van der Waals surface area contributed by atoms with Crippen LogP contribution in [-0.2, 0) is 13.0 Å². The molecule has 0 fully saturated rings. The molecule has 0 unspecified atom stereocenters. The predicted molar refractivity (Wildman–Crippen MR) is 55.9 cm³/mol. The molecule has 0 saturated heterocycles. The summed E-state index contributed by atoms with van der Waals surface area (Å²) in [5.74, 6) is 1.64. The molecule has 0 aliphatic rings. The number of aromatic nitrogens is 4. The standard InChI is InChI=1S/C10H20N4/c1-4-5-6-7-14-10(8-9(2)3)11-12-13-14/h9H,4-8H2,1-3H3. The third-order valence-corrected chi connectivity index (χ3v) is 2.17. The first-order valence-electron chi connectivity index (χ1n) is 5.49. The van der Waals surface area contributed by atoms with E-state index in [1.165, 1.54) is 19.3 Å². The minimum absolute atomic E-state index is 0.617. The monoisotopic (exact) mass is 196 g/mol. The molecule has 0 aliphatic carbocycles. The number of rotatable bonds is 6. The molecule has 0 N–H and O–H groups in total. The molecule has 1 heterocycles. The third-order valence-electron chi connectivity index (χ3n) is 2.17. The quantitative estimate of drug-likeness (QED) is 0.654. The molecule has 1 rings (SSSR count). The minimum Gasteiger partial charge on any atom is -0.230 e. The van der Waals surface area contributed by atoms with Crippen molar-refractivity contribution < 1.29 is 0 Å². The first-order chi connectivity index (χ1) is 6.74. The maximum Gasteiger partial charge on any atom is 0.151 e. The molecule has 4 nitrogen and oxygen atoms in total. The number of nitrogens with zero attached hydrogens (tertiary/aromatic N) is 4. The van der Waals surface area contributed by atoms with E-state index in [0.29, 0.717) is 5.92 Å². The van der Waals surface area contributed by atoms with Crippen LogP contribution in [0.1, 0.15) is 45.9 Å². The summed E-state index contributed by atoms with van der Waals surface area (Å²) in [7, 11) is 0. The maximum atomic E-state index is 4.04. The Balaban J connectivity index is 2.45. The van der Waals surface area contributed by atoms with Gasteiger partial charge in [-0.15, -0.1) is 5.10 Å². The van der Waals surface area contributed by atoms with Crippen LogP contribution in [0, 0.1) is 5.92 Å². The van der Waals surface area contributed by atoms with Crippen molar-refractivity contribution in [2.24, 2.45) is 5.92 Å². The molecule has 0 atom stereocenters. The van der Waals surface area contributed by atoms with Gasteiger partial charge in [0.2, 0.25) is 0 Å². The molecule has 4 heteroatoms. The molecule has 0 spiro atoms. The topological polar surface area (TPSA) is 43.6 Å². The highest BCUT2D eigenvalue weighted by molar-refractivity contribution is 4.81. The molecule has 14 heavy (non-hydrogen) atoms. The number of hydrogen-bond donors (Lipinski definition) is 0. The van der Waals surface area contributed by atoms with Crippen LogP contribution in [0.15, 0.2) is 0 Å². The summed E-state index contributed by atoms with van der Waals surface area (Å²) >= 11 is 0. The molecular formula is C10H20N4. The fraction of sp³-hybridized carbons (Fsp3) is 0.900. The van der Waals surface area contributed by atoms with E-state index >= 15 is 0 Å². The zero-order valence-electron chi connectivity index (χ0n) is 9.40. The Morgan fingerprint density at radius 1 is 1.29 bits per heavy atom. The van der Waals surface area contributed by atoms with Crippen LogP contribution in [0.4, 0.5) is 0 Å². The van der Waals surface area contributed by atoms with E-state index in [2.05, 4.69) is 36.3 Å². The zero-order chi connectivity index (χ0) is 10.4. The van der Waals surface area contributed by atoms with E-state index in [0.717, 1.165) is 18.8 Å². The molecule has 0 amide bonds. The van der Waals surface area contributed by atoms with E-state index in [1.807, 2.05) is 4.68 Å². The fourth-order valence-corrected chi connectivity index (χ4v) is 1.42. The molecule has 0 aliphatic heterocycles. The molecule has 0 bridgehead atoms. The summed E-state index contributed by atoms with van der Waals surface area (Å²) in [6, 6.07) is 0. The molecule has 0 aromatic carbocycles. The average molecular weight is 196 g/mol. The Labute approximate surface area is 85.7 Å². The van der Waals surface area contributed by atoms with Gasteiger partial charge in [0, 0.05) is 13.0 Å². The molecular weight excluding hydrogens is 176 g/mol. The van der Waals surface area contributed by atoms with Crippen LogP contribution in [0.3, 0.4) is 0 Å². The van der Waals surface area contributed by atoms with Gasteiger partial charge in [-0.05, 0) is 22.8 Å². The highest BCUT2D eigenvalue weighted by atomic mass is 15.5. The number of hydrogen-bond acceptors (Lipinski definition) is 3. The van der Waals surface area contributed by atoms with E-state index in [1.54, 1.807) is 0 Å². The number of unbranched alkanes of at least 4 members (excludes halogenated alkanes) is 2. The van der Waals surface area contributed by atoms with Crippen molar-refractivity contribution in [3.05, 3.63) is 5.82 Å². The normalized spacial score (nSPS) is 11.1. The predicted octanol–water partition coefficient (Wildman–Crippen LogP) is 2.06. The van der Waals surface area contributed by atoms with Crippen molar-refractivity contribution in [3.63, 3.8) is 0 Å². The van der Waals surface area contributed by atoms with Crippen molar-refractivity contribution in [2.45, 2.75) is 53.0 Å². The Morgan fingerprint density at radius 2 is 2.07 bits per heavy atom. The SMILES string of the molecule is CCCCCn1nnnc1CC(C)C. The van der Waals surface area contributed by atoms with Crippen molar-refractivity contribution >= 4 is 0 Å². The summed E-state index contributed by atoms with van der Waals surface area (Å²) < 4.78 is 1.94. The van der Waals surface area contributed by atoms with Crippen molar-refractivity contribution in [3.8, 4) is 0 Å². The summed E-state index contributed by atoms with van der Waals surface area (Å²) in [4.78, 5) is 0. The largest absolute Gasteiger partial charge is 0.230 e. The Kier molecular flexibility index (Phi) is 4.56. The molecule has 80 valence electrons. The first kappa shape index (κ1) is 11.1. The number of aryl methyl sites for hydroxylation is 1. The van der Waals surface area contributed by atoms with E-state index in [4.69, 9.17) is 0 Å². The van der Waals surface area contributed by atoms with E-state index < -0.39 is 0 Å². The van der Waals surface area contributed by atoms with Gasteiger partial charge < -0.3 is 0 Å². The minimum atomic E-state index is 0.617. The van der Waals surface area contributed by atoms with Gasteiger partial charge in [-0.1, -0.05) is 33.6 Å². The molecule has 1 aromatic heterocycles. The lowest BCUT2D eigenvalue weighted by Gasteiger charge is -2.05. The highest BCUT2D eigenvalue weighted by Crippen LogP contribution is 2.05. The number of tetrazole rings is 1. The third kappa shape index (κ3) is 3.44. The molecule has 0 radical (unpaired) electrons. The summed E-state index contributed by atoms with van der Waals surface area (Å²) in [6.07, 6.45) is 4.63. The fourth-order valence-electron chi connectivity index (χ4n) is 1.42. The zero-order valence-corrected chi connectivity index (χ0v) is 9.40. The summed E-state index contributed by atoms with van der Waals surface area (Å²) in [5.41, 5.74) is 0. The van der Waals surface area contributed by atoms with Gasteiger partial charge in [-0.3, -0.25) is 0 Å². The first-order valence-corrected chi connectivity index (χ1v) is 5.49.